The van der Waals surface area contributed by atoms with Crippen molar-refractivity contribution in [1.82, 2.24) is 10.6 Å². The summed E-state index contributed by atoms with van der Waals surface area (Å²) in [6.07, 6.45) is -1.54. The number of nitrogens with two attached hydrogens (primary N) is 1. The first-order chi connectivity index (χ1) is 16.4. The molecule has 8 heteroatoms. The highest BCUT2D eigenvalue weighted by atomic mass is 16.5. The van der Waals surface area contributed by atoms with Crippen LogP contribution < -0.4 is 21.1 Å². The van der Waals surface area contributed by atoms with Crippen molar-refractivity contribution in [2.45, 2.75) is 24.6 Å². The Bertz CT molecular complexity index is 1100. The Hall–Kier alpha value is -4.17. The number of carbonyl (C=O) groups is 3. The normalized spacial score (nSPS) is 13.2. The minimum absolute atomic E-state index is 0.129. The molecule has 0 radical (unpaired) electrons. The summed E-state index contributed by atoms with van der Waals surface area (Å²) in [6.45, 7) is 0. The number of ether oxygens (including phenoxy) is 1. The SMILES string of the molecule is COc1ccc(C[C@@H](NC(=O)[C@H](O)[C@@H](NC(=O)c2ccccc2)c2ccccc2)C(N)=O)cc1. The van der Waals surface area contributed by atoms with E-state index in [4.69, 9.17) is 10.5 Å². The van der Waals surface area contributed by atoms with Gasteiger partial charge in [-0.3, -0.25) is 14.4 Å². The van der Waals surface area contributed by atoms with E-state index in [-0.39, 0.29) is 6.42 Å². The average molecular weight is 462 g/mol. The Morgan fingerprint density at radius 2 is 1.47 bits per heavy atom. The smallest absolute Gasteiger partial charge is 0.252 e. The highest BCUT2D eigenvalue weighted by molar-refractivity contribution is 5.95. The number of benzene rings is 3. The van der Waals surface area contributed by atoms with Gasteiger partial charge in [0.1, 0.15) is 11.8 Å². The van der Waals surface area contributed by atoms with Crippen LogP contribution in [0, 0.1) is 0 Å². The van der Waals surface area contributed by atoms with E-state index in [2.05, 4.69) is 10.6 Å². The molecule has 0 saturated heterocycles. The highest BCUT2D eigenvalue weighted by Crippen LogP contribution is 2.19. The molecule has 3 amide bonds. The Kier molecular flexibility index (Phi) is 8.37. The van der Waals surface area contributed by atoms with Gasteiger partial charge in [-0.05, 0) is 35.4 Å². The van der Waals surface area contributed by atoms with Crippen molar-refractivity contribution in [3.63, 3.8) is 0 Å². The van der Waals surface area contributed by atoms with Gasteiger partial charge < -0.3 is 26.2 Å². The number of methoxy groups -OCH3 is 1. The van der Waals surface area contributed by atoms with Crippen molar-refractivity contribution in [1.29, 1.82) is 0 Å². The second-order valence-corrected chi connectivity index (χ2v) is 7.69. The first-order valence-corrected chi connectivity index (χ1v) is 10.7. The van der Waals surface area contributed by atoms with Gasteiger partial charge in [-0.15, -0.1) is 0 Å². The second-order valence-electron chi connectivity index (χ2n) is 7.69. The summed E-state index contributed by atoms with van der Waals surface area (Å²) in [5.41, 5.74) is 7.16. The molecule has 3 atom stereocenters. The highest BCUT2D eigenvalue weighted by Gasteiger charge is 2.31. The van der Waals surface area contributed by atoms with Gasteiger partial charge in [0, 0.05) is 12.0 Å². The van der Waals surface area contributed by atoms with E-state index in [1.54, 1.807) is 92.0 Å². The maximum atomic E-state index is 12.9. The third-order valence-corrected chi connectivity index (χ3v) is 5.32. The summed E-state index contributed by atoms with van der Waals surface area (Å²) in [5.74, 6) is -1.38. The quantitative estimate of drug-likeness (QED) is 0.365. The zero-order chi connectivity index (χ0) is 24.5. The van der Waals surface area contributed by atoms with Crippen molar-refractivity contribution in [3.8, 4) is 5.75 Å². The molecule has 0 heterocycles. The van der Waals surface area contributed by atoms with E-state index in [1.165, 1.54) is 0 Å². The second kappa shape index (κ2) is 11.6. The molecule has 0 aliphatic rings. The van der Waals surface area contributed by atoms with Crippen LogP contribution in [0.1, 0.15) is 27.5 Å². The van der Waals surface area contributed by atoms with Gasteiger partial charge in [-0.1, -0.05) is 60.7 Å². The molecule has 34 heavy (non-hydrogen) atoms. The Labute approximate surface area is 197 Å². The van der Waals surface area contributed by atoms with Crippen LogP contribution in [0.4, 0.5) is 0 Å². The van der Waals surface area contributed by atoms with Gasteiger partial charge in [-0.2, -0.15) is 0 Å². The number of aliphatic hydroxyl groups excluding tert-OH is 1. The number of amides is 3. The summed E-state index contributed by atoms with van der Waals surface area (Å²) >= 11 is 0. The topological polar surface area (TPSA) is 131 Å². The first-order valence-electron chi connectivity index (χ1n) is 10.7. The van der Waals surface area contributed by atoms with Gasteiger partial charge in [-0.25, -0.2) is 0 Å². The van der Waals surface area contributed by atoms with Crippen LogP contribution in [0.2, 0.25) is 0 Å². The van der Waals surface area contributed by atoms with Crippen molar-refractivity contribution >= 4 is 17.7 Å². The van der Waals surface area contributed by atoms with E-state index in [0.29, 0.717) is 16.9 Å². The molecule has 176 valence electrons. The van der Waals surface area contributed by atoms with Crippen LogP contribution in [-0.4, -0.2) is 42.1 Å². The zero-order valence-electron chi connectivity index (χ0n) is 18.7. The standard InChI is InChI=1S/C26H27N3O5/c1-34-20-14-12-17(13-15-20)16-21(24(27)31)28-26(33)23(30)22(18-8-4-2-5-9-18)29-25(32)19-10-6-3-7-11-19/h2-15,21-23,30H,16H2,1H3,(H2,27,31)(H,28,33)(H,29,32)/t21-,22+,23-/m1/s1. The van der Waals surface area contributed by atoms with E-state index >= 15 is 0 Å². The number of primary amides is 1. The molecule has 3 aromatic carbocycles. The van der Waals surface area contributed by atoms with Crippen LogP contribution in [-0.2, 0) is 16.0 Å². The van der Waals surface area contributed by atoms with Crippen LogP contribution in [0.15, 0.2) is 84.9 Å². The predicted octanol–water partition coefficient (Wildman–Crippen LogP) is 1.74. The molecule has 3 aromatic rings. The Balaban J connectivity index is 1.77. The number of aliphatic hydroxyl groups is 1. The van der Waals surface area contributed by atoms with E-state index in [1.807, 2.05) is 0 Å². The van der Waals surface area contributed by atoms with Crippen molar-refractivity contribution in [3.05, 3.63) is 102 Å². The fourth-order valence-electron chi connectivity index (χ4n) is 3.45. The molecule has 0 spiro atoms. The fraction of sp³-hybridized carbons (Fsp3) is 0.192. The number of carbonyl (C=O) groups excluding carboxylic acids is 3. The number of hydrogen-bond donors (Lipinski definition) is 4. The molecular weight excluding hydrogens is 434 g/mol. The van der Waals surface area contributed by atoms with E-state index < -0.39 is 35.9 Å². The molecular formula is C26H27N3O5. The van der Waals surface area contributed by atoms with Crippen LogP contribution in [0.5, 0.6) is 5.75 Å². The number of nitrogens with one attached hydrogen (secondary N) is 2. The maximum Gasteiger partial charge on any atom is 0.252 e. The van der Waals surface area contributed by atoms with Gasteiger partial charge >= 0.3 is 0 Å². The molecule has 0 aliphatic carbocycles. The van der Waals surface area contributed by atoms with Crippen LogP contribution in [0.25, 0.3) is 0 Å². The Morgan fingerprint density at radius 3 is 2.03 bits per heavy atom. The lowest BCUT2D eigenvalue weighted by Crippen LogP contribution is -2.52. The number of hydrogen-bond acceptors (Lipinski definition) is 5. The predicted molar refractivity (Wildman–Crippen MR) is 127 cm³/mol. The van der Waals surface area contributed by atoms with Crippen molar-refractivity contribution < 1.29 is 24.2 Å². The summed E-state index contributed by atoms with van der Waals surface area (Å²) in [7, 11) is 1.54. The molecule has 0 saturated carbocycles. The molecule has 8 nitrogen and oxygen atoms in total. The van der Waals surface area contributed by atoms with Gasteiger partial charge in [0.15, 0.2) is 6.10 Å². The molecule has 0 unspecified atom stereocenters. The minimum atomic E-state index is -1.67. The third-order valence-electron chi connectivity index (χ3n) is 5.32. The number of rotatable bonds is 10. The maximum absolute atomic E-state index is 12.9. The fourth-order valence-corrected chi connectivity index (χ4v) is 3.45. The van der Waals surface area contributed by atoms with Crippen LogP contribution in [0.3, 0.4) is 0 Å². The summed E-state index contributed by atoms with van der Waals surface area (Å²) in [5, 5.41) is 16.1. The summed E-state index contributed by atoms with van der Waals surface area (Å²) in [4.78, 5) is 37.7. The van der Waals surface area contributed by atoms with Gasteiger partial charge in [0.2, 0.25) is 5.91 Å². The van der Waals surface area contributed by atoms with Crippen LogP contribution >= 0.6 is 0 Å². The molecule has 5 N–H and O–H groups in total. The molecule has 0 bridgehead atoms. The van der Waals surface area contributed by atoms with Crippen molar-refractivity contribution in [2.24, 2.45) is 5.73 Å². The van der Waals surface area contributed by atoms with E-state index in [0.717, 1.165) is 5.56 Å². The monoisotopic (exact) mass is 461 g/mol. The van der Waals surface area contributed by atoms with Gasteiger partial charge in [0.05, 0.1) is 13.2 Å². The van der Waals surface area contributed by atoms with Crippen molar-refractivity contribution in [2.75, 3.05) is 7.11 Å². The van der Waals surface area contributed by atoms with E-state index in [9.17, 15) is 19.5 Å². The average Bonchev–Trinajstić information content (AvgIpc) is 2.87. The minimum Gasteiger partial charge on any atom is -0.497 e. The molecule has 0 aromatic heterocycles. The lowest BCUT2D eigenvalue weighted by Gasteiger charge is -2.26. The summed E-state index contributed by atoms with van der Waals surface area (Å²) in [6, 6.07) is 21.9. The zero-order valence-corrected chi connectivity index (χ0v) is 18.7. The largest absolute Gasteiger partial charge is 0.497 e. The molecule has 0 fully saturated rings. The van der Waals surface area contributed by atoms with Gasteiger partial charge in [0.25, 0.3) is 11.8 Å². The lowest BCUT2D eigenvalue weighted by molar-refractivity contribution is -0.134. The lowest BCUT2D eigenvalue weighted by atomic mass is 9.99. The molecule has 0 aliphatic heterocycles. The summed E-state index contributed by atoms with van der Waals surface area (Å²) < 4.78 is 5.12. The molecule has 3 rings (SSSR count). The third kappa shape index (κ3) is 6.43. The first kappa shape index (κ1) is 24.5. The Morgan fingerprint density at radius 1 is 0.882 bits per heavy atom.